The van der Waals surface area contributed by atoms with Gasteiger partial charge in [-0.3, -0.25) is 4.79 Å². The summed E-state index contributed by atoms with van der Waals surface area (Å²) < 4.78 is 0.951. The van der Waals surface area contributed by atoms with Crippen LogP contribution < -0.4 is 5.73 Å². The predicted molar refractivity (Wildman–Crippen MR) is 77.2 cm³/mol. The van der Waals surface area contributed by atoms with Crippen LogP contribution in [0.3, 0.4) is 0 Å². The van der Waals surface area contributed by atoms with Gasteiger partial charge >= 0.3 is 0 Å². The molecule has 0 saturated carbocycles. The number of halogens is 2. The first kappa shape index (κ1) is 13.1. The van der Waals surface area contributed by atoms with Gasteiger partial charge in [0.25, 0.3) is 5.91 Å². The van der Waals surface area contributed by atoms with Crippen molar-refractivity contribution in [1.29, 1.82) is 0 Å². The fourth-order valence-corrected chi connectivity index (χ4v) is 2.49. The minimum absolute atomic E-state index is 0.0168. The second-order valence-electron chi connectivity index (χ2n) is 4.48. The lowest BCUT2D eigenvalue weighted by molar-refractivity contribution is 0.0787. The molecule has 1 aromatic carbocycles. The highest BCUT2D eigenvalue weighted by atomic mass is 127. The molecule has 0 bridgehead atoms. The number of carbonyl (C=O) groups excluding carboxylic acids is 1. The molecule has 1 aliphatic heterocycles. The summed E-state index contributed by atoms with van der Waals surface area (Å²) in [4.78, 5) is 14.0. The zero-order valence-electron chi connectivity index (χ0n) is 9.49. The van der Waals surface area contributed by atoms with Crippen molar-refractivity contribution < 1.29 is 4.79 Å². The van der Waals surface area contributed by atoms with Crippen molar-refractivity contribution in [3.05, 3.63) is 32.4 Å². The summed E-state index contributed by atoms with van der Waals surface area (Å²) in [6, 6.07) is 5.47. The van der Waals surface area contributed by atoms with Crippen LogP contribution in [0.25, 0.3) is 0 Å². The Morgan fingerprint density at radius 1 is 1.53 bits per heavy atom. The molecule has 2 N–H and O–H groups in total. The Labute approximate surface area is 119 Å². The van der Waals surface area contributed by atoms with E-state index in [0.29, 0.717) is 23.0 Å². The van der Waals surface area contributed by atoms with Gasteiger partial charge in [-0.2, -0.15) is 0 Å². The van der Waals surface area contributed by atoms with Crippen LogP contribution in [0.1, 0.15) is 17.3 Å². The van der Waals surface area contributed by atoms with Gasteiger partial charge in [0.15, 0.2) is 0 Å². The number of nitrogens with two attached hydrogens (primary N) is 1. The smallest absolute Gasteiger partial charge is 0.253 e. The van der Waals surface area contributed by atoms with Crippen LogP contribution in [0.5, 0.6) is 0 Å². The van der Waals surface area contributed by atoms with Crippen molar-refractivity contribution in [3.63, 3.8) is 0 Å². The summed E-state index contributed by atoms with van der Waals surface area (Å²) in [5, 5.41) is 0.619. The van der Waals surface area contributed by atoms with E-state index in [9.17, 15) is 4.79 Å². The molecule has 1 aromatic rings. The van der Waals surface area contributed by atoms with E-state index in [4.69, 9.17) is 17.3 Å². The Morgan fingerprint density at radius 3 is 2.76 bits per heavy atom. The van der Waals surface area contributed by atoms with Crippen LogP contribution in [0.2, 0.25) is 5.02 Å². The maximum absolute atomic E-state index is 12.2. The standard InChI is InChI=1S/C12H14ClIN2O/c1-7-5-16(6-11(7)15)12(17)8-2-3-10(14)9(13)4-8/h2-4,7,11H,5-6,15H2,1H3. The molecule has 92 valence electrons. The number of carbonyl (C=O) groups is 1. The molecule has 1 fully saturated rings. The first-order valence-corrected chi connectivity index (χ1v) is 6.94. The van der Waals surface area contributed by atoms with Gasteiger partial charge in [0, 0.05) is 28.3 Å². The average molecular weight is 365 g/mol. The van der Waals surface area contributed by atoms with E-state index in [2.05, 4.69) is 29.5 Å². The van der Waals surface area contributed by atoms with Crippen molar-refractivity contribution in [1.82, 2.24) is 4.90 Å². The Balaban J connectivity index is 2.17. The maximum Gasteiger partial charge on any atom is 0.253 e. The summed E-state index contributed by atoms with van der Waals surface area (Å²) in [7, 11) is 0. The molecule has 2 unspecified atom stereocenters. The van der Waals surface area contributed by atoms with Crippen LogP contribution in [0.15, 0.2) is 18.2 Å². The Hall–Kier alpha value is -0.330. The van der Waals surface area contributed by atoms with Gasteiger partial charge < -0.3 is 10.6 Å². The van der Waals surface area contributed by atoms with Crippen molar-refractivity contribution >= 4 is 40.1 Å². The number of rotatable bonds is 1. The third-order valence-corrected chi connectivity index (χ3v) is 4.70. The monoisotopic (exact) mass is 364 g/mol. The average Bonchev–Trinajstić information content (AvgIpc) is 2.62. The zero-order chi connectivity index (χ0) is 12.6. The van der Waals surface area contributed by atoms with Gasteiger partial charge in [0.05, 0.1) is 5.02 Å². The molecule has 1 saturated heterocycles. The Bertz CT molecular complexity index is 442. The van der Waals surface area contributed by atoms with Gasteiger partial charge in [0.2, 0.25) is 0 Å². The number of hydrogen-bond acceptors (Lipinski definition) is 2. The van der Waals surface area contributed by atoms with E-state index in [0.717, 1.165) is 10.1 Å². The van der Waals surface area contributed by atoms with Crippen molar-refractivity contribution in [3.8, 4) is 0 Å². The summed E-state index contributed by atoms with van der Waals surface area (Å²) in [5.74, 6) is 0.376. The van der Waals surface area contributed by atoms with E-state index < -0.39 is 0 Å². The van der Waals surface area contributed by atoms with Gasteiger partial charge in [0.1, 0.15) is 0 Å². The minimum atomic E-state index is 0.0168. The van der Waals surface area contributed by atoms with E-state index in [-0.39, 0.29) is 11.9 Å². The number of likely N-dealkylation sites (tertiary alicyclic amines) is 1. The molecule has 0 aromatic heterocycles. The van der Waals surface area contributed by atoms with E-state index in [1.165, 1.54) is 0 Å². The molecule has 0 aliphatic carbocycles. The molecule has 1 amide bonds. The lowest BCUT2D eigenvalue weighted by atomic mass is 10.1. The van der Waals surface area contributed by atoms with E-state index >= 15 is 0 Å². The van der Waals surface area contributed by atoms with Crippen molar-refractivity contribution in [2.24, 2.45) is 11.7 Å². The first-order valence-electron chi connectivity index (χ1n) is 5.49. The summed E-state index contributed by atoms with van der Waals surface area (Å²) >= 11 is 8.16. The normalized spacial score (nSPS) is 24.1. The lowest BCUT2D eigenvalue weighted by Gasteiger charge is -2.16. The fourth-order valence-electron chi connectivity index (χ4n) is 1.97. The molecule has 5 heteroatoms. The summed E-state index contributed by atoms with van der Waals surface area (Å²) in [6.07, 6.45) is 0. The Kier molecular flexibility index (Phi) is 3.95. The number of nitrogens with zero attached hydrogens (tertiary/aromatic N) is 1. The molecule has 17 heavy (non-hydrogen) atoms. The maximum atomic E-state index is 12.2. The SMILES string of the molecule is CC1CN(C(=O)c2ccc(I)c(Cl)c2)CC1N. The second kappa shape index (κ2) is 5.12. The zero-order valence-corrected chi connectivity index (χ0v) is 12.4. The molecular formula is C12H14ClIN2O. The summed E-state index contributed by atoms with van der Waals surface area (Å²) in [6.45, 7) is 3.42. The van der Waals surface area contributed by atoms with Crippen molar-refractivity contribution in [2.45, 2.75) is 13.0 Å². The van der Waals surface area contributed by atoms with Gasteiger partial charge in [-0.05, 0) is 46.7 Å². The lowest BCUT2D eigenvalue weighted by Crippen LogP contribution is -2.32. The fraction of sp³-hybridized carbons (Fsp3) is 0.417. The number of hydrogen-bond donors (Lipinski definition) is 1. The van der Waals surface area contributed by atoms with Gasteiger partial charge in [-0.15, -0.1) is 0 Å². The van der Waals surface area contributed by atoms with Crippen LogP contribution in [0.4, 0.5) is 0 Å². The van der Waals surface area contributed by atoms with Crippen LogP contribution in [-0.2, 0) is 0 Å². The highest BCUT2D eigenvalue weighted by Gasteiger charge is 2.30. The number of benzene rings is 1. The molecule has 0 spiro atoms. The molecule has 2 rings (SSSR count). The Morgan fingerprint density at radius 2 is 2.24 bits per heavy atom. The third-order valence-electron chi connectivity index (χ3n) is 3.12. The first-order chi connectivity index (χ1) is 7.99. The van der Waals surface area contributed by atoms with Crippen LogP contribution in [-0.4, -0.2) is 29.9 Å². The second-order valence-corrected chi connectivity index (χ2v) is 6.05. The van der Waals surface area contributed by atoms with E-state index in [1.807, 2.05) is 12.1 Å². The van der Waals surface area contributed by atoms with Gasteiger partial charge in [-0.25, -0.2) is 0 Å². The highest BCUT2D eigenvalue weighted by molar-refractivity contribution is 14.1. The van der Waals surface area contributed by atoms with Crippen molar-refractivity contribution in [2.75, 3.05) is 13.1 Å². The quantitative estimate of drug-likeness (QED) is 0.778. The third kappa shape index (κ3) is 2.74. The molecule has 1 aliphatic rings. The number of amides is 1. The topological polar surface area (TPSA) is 46.3 Å². The molecule has 1 heterocycles. The molecular weight excluding hydrogens is 351 g/mol. The summed E-state index contributed by atoms with van der Waals surface area (Å²) in [5.41, 5.74) is 6.55. The largest absolute Gasteiger partial charge is 0.337 e. The molecule has 2 atom stereocenters. The predicted octanol–water partition coefficient (Wildman–Crippen LogP) is 2.36. The minimum Gasteiger partial charge on any atom is -0.337 e. The van der Waals surface area contributed by atoms with Crippen LogP contribution >= 0.6 is 34.2 Å². The highest BCUT2D eigenvalue weighted by Crippen LogP contribution is 2.22. The van der Waals surface area contributed by atoms with E-state index in [1.54, 1.807) is 11.0 Å². The molecule has 3 nitrogen and oxygen atoms in total. The molecule has 0 radical (unpaired) electrons. The van der Waals surface area contributed by atoms with Crippen LogP contribution in [0, 0.1) is 9.49 Å². The van der Waals surface area contributed by atoms with Gasteiger partial charge in [-0.1, -0.05) is 18.5 Å².